The predicted octanol–water partition coefficient (Wildman–Crippen LogP) is 6.24. The Balaban J connectivity index is 1.76. The van der Waals surface area contributed by atoms with Crippen LogP contribution in [-0.4, -0.2) is 48.0 Å². The van der Waals surface area contributed by atoms with Crippen molar-refractivity contribution in [1.82, 2.24) is 20.2 Å². The van der Waals surface area contributed by atoms with Crippen molar-refractivity contribution in [3.8, 4) is 22.5 Å². The molecule has 0 bridgehead atoms. The lowest BCUT2D eigenvalue weighted by molar-refractivity contribution is 0.0952. The molecule has 40 heavy (non-hydrogen) atoms. The number of aromatic nitrogens is 2. The van der Waals surface area contributed by atoms with E-state index in [1.165, 1.54) is 24.3 Å². The Labute approximate surface area is 224 Å². The molecule has 0 saturated heterocycles. The molecule has 5 aromatic rings. The summed E-state index contributed by atoms with van der Waals surface area (Å²) in [6.45, 7) is 0.818. The van der Waals surface area contributed by atoms with Crippen LogP contribution in [0.4, 0.5) is 26.3 Å². The van der Waals surface area contributed by atoms with Gasteiger partial charge in [0, 0.05) is 35.0 Å². The average Bonchev–Trinajstić information content (AvgIpc) is 2.92. The Kier molecular flexibility index (Phi) is 7.16. The zero-order valence-corrected chi connectivity index (χ0v) is 21.1. The highest BCUT2D eigenvalue weighted by molar-refractivity contribution is 6.08. The van der Waals surface area contributed by atoms with Gasteiger partial charge in [-0.2, -0.15) is 0 Å². The fourth-order valence-corrected chi connectivity index (χ4v) is 4.32. The van der Waals surface area contributed by atoms with Crippen molar-refractivity contribution < 1.29 is 31.1 Å². The molecule has 0 aliphatic heterocycles. The number of rotatable bonds is 6. The van der Waals surface area contributed by atoms with Gasteiger partial charge in [0.05, 0.1) is 28.0 Å². The Morgan fingerprint density at radius 3 is 1.98 bits per heavy atom. The lowest BCUT2D eigenvalue weighted by Crippen LogP contribution is -2.31. The summed E-state index contributed by atoms with van der Waals surface area (Å²) >= 11 is 0. The van der Waals surface area contributed by atoms with Gasteiger partial charge in [-0.3, -0.25) is 4.79 Å². The van der Waals surface area contributed by atoms with Crippen LogP contribution in [-0.2, 0) is 0 Å². The lowest BCUT2D eigenvalue weighted by atomic mass is 9.98. The second-order valence-electron chi connectivity index (χ2n) is 9.34. The monoisotopic (exact) mass is 554 g/mol. The zero-order chi connectivity index (χ0) is 28.7. The number of carbonyl (C=O) groups is 1. The van der Waals surface area contributed by atoms with Gasteiger partial charge in [-0.1, -0.05) is 0 Å². The second-order valence-corrected chi connectivity index (χ2v) is 9.34. The van der Waals surface area contributed by atoms with E-state index >= 15 is 0 Å². The van der Waals surface area contributed by atoms with E-state index in [9.17, 15) is 31.1 Å². The minimum absolute atomic E-state index is 0.0613. The van der Waals surface area contributed by atoms with Crippen molar-refractivity contribution in [2.24, 2.45) is 0 Å². The second kappa shape index (κ2) is 10.6. The zero-order valence-electron chi connectivity index (χ0n) is 21.1. The fourth-order valence-electron chi connectivity index (χ4n) is 4.32. The molecule has 5 nitrogen and oxygen atoms in total. The summed E-state index contributed by atoms with van der Waals surface area (Å²) in [5.74, 6) is -9.05. The first-order valence-electron chi connectivity index (χ1n) is 12.0. The minimum Gasteiger partial charge on any atom is -0.351 e. The van der Waals surface area contributed by atoms with Crippen molar-refractivity contribution in [1.29, 1.82) is 0 Å². The third kappa shape index (κ3) is 5.07. The summed E-state index contributed by atoms with van der Waals surface area (Å²) in [6, 6.07) is 10.2. The standard InChI is InChI=1S/C29H20F6N4O/c1-39(2)8-7-36-29(40)19-13-24(37-23-6-4-15(31)10-17(19)23)18-12-25(38-22-5-3-14(30)9-16(18)22)20-11-21(32)27(34)28(35)26(20)33/h3-6,9-13H,7-8H2,1-2H3,(H,36,40). The van der Waals surface area contributed by atoms with Gasteiger partial charge in [0.2, 0.25) is 0 Å². The number of fused-ring (bicyclic) bond motifs is 2. The number of nitrogens with one attached hydrogen (secondary N) is 1. The highest BCUT2D eigenvalue weighted by atomic mass is 19.2. The maximum atomic E-state index is 14.7. The summed E-state index contributed by atoms with van der Waals surface area (Å²) < 4.78 is 84.9. The Morgan fingerprint density at radius 2 is 1.32 bits per heavy atom. The van der Waals surface area contributed by atoms with E-state index in [4.69, 9.17) is 0 Å². The molecule has 5 rings (SSSR count). The highest BCUT2D eigenvalue weighted by Gasteiger charge is 2.23. The van der Waals surface area contributed by atoms with Gasteiger partial charge in [0.15, 0.2) is 23.3 Å². The number of pyridine rings is 2. The van der Waals surface area contributed by atoms with E-state index in [1.807, 2.05) is 19.0 Å². The van der Waals surface area contributed by atoms with Crippen molar-refractivity contribution in [2.45, 2.75) is 0 Å². The van der Waals surface area contributed by atoms with Crippen LogP contribution in [0.15, 0.2) is 54.6 Å². The molecular weight excluding hydrogens is 534 g/mol. The molecule has 0 aliphatic carbocycles. The van der Waals surface area contributed by atoms with Gasteiger partial charge in [-0.05, 0) is 68.7 Å². The summed E-state index contributed by atoms with van der Waals surface area (Å²) in [7, 11) is 3.66. The first-order chi connectivity index (χ1) is 19.0. The first kappa shape index (κ1) is 27.1. The molecular formula is C29H20F6N4O. The van der Waals surface area contributed by atoms with E-state index in [0.717, 1.165) is 24.3 Å². The van der Waals surface area contributed by atoms with E-state index < -0.39 is 46.4 Å². The van der Waals surface area contributed by atoms with Crippen LogP contribution < -0.4 is 5.32 Å². The van der Waals surface area contributed by atoms with Crippen molar-refractivity contribution >= 4 is 27.7 Å². The highest BCUT2D eigenvalue weighted by Crippen LogP contribution is 2.35. The third-order valence-electron chi connectivity index (χ3n) is 6.29. The number of benzene rings is 3. The maximum Gasteiger partial charge on any atom is 0.252 e. The van der Waals surface area contributed by atoms with Crippen LogP contribution in [0.1, 0.15) is 10.4 Å². The maximum absolute atomic E-state index is 14.7. The van der Waals surface area contributed by atoms with Crippen LogP contribution in [0.25, 0.3) is 44.3 Å². The first-order valence-corrected chi connectivity index (χ1v) is 12.0. The van der Waals surface area contributed by atoms with Crippen LogP contribution in [0.5, 0.6) is 0 Å². The molecule has 2 heterocycles. The van der Waals surface area contributed by atoms with Crippen molar-refractivity contribution in [2.75, 3.05) is 27.2 Å². The number of hydrogen-bond acceptors (Lipinski definition) is 4. The molecule has 1 N–H and O–H groups in total. The van der Waals surface area contributed by atoms with Crippen LogP contribution in [0, 0.1) is 34.9 Å². The summed E-state index contributed by atoms with van der Waals surface area (Å²) in [5.41, 5.74) is -0.333. The smallest absolute Gasteiger partial charge is 0.252 e. The van der Waals surface area contributed by atoms with Gasteiger partial charge >= 0.3 is 0 Å². The number of amides is 1. The number of halogens is 6. The number of nitrogens with zero attached hydrogens (tertiary/aromatic N) is 3. The van der Waals surface area contributed by atoms with Crippen LogP contribution in [0.2, 0.25) is 0 Å². The summed E-state index contributed by atoms with van der Waals surface area (Å²) in [4.78, 5) is 23.8. The largest absolute Gasteiger partial charge is 0.351 e. The third-order valence-corrected chi connectivity index (χ3v) is 6.29. The average molecular weight is 554 g/mol. The summed E-state index contributed by atoms with van der Waals surface area (Å²) in [6.07, 6.45) is 0. The molecule has 0 aliphatic rings. The van der Waals surface area contributed by atoms with Gasteiger partial charge in [0.25, 0.3) is 5.91 Å². The molecule has 11 heteroatoms. The van der Waals surface area contributed by atoms with Crippen molar-refractivity contribution in [3.63, 3.8) is 0 Å². The fraction of sp³-hybridized carbons (Fsp3) is 0.138. The molecule has 3 aromatic carbocycles. The molecule has 1 amide bonds. The molecule has 0 saturated carbocycles. The van der Waals surface area contributed by atoms with Gasteiger partial charge < -0.3 is 10.2 Å². The van der Waals surface area contributed by atoms with E-state index in [1.54, 1.807) is 0 Å². The van der Waals surface area contributed by atoms with E-state index in [2.05, 4.69) is 15.3 Å². The van der Waals surface area contributed by atoms with Gasteiger partial charge in [-0.25, -0.2) is 36.3 Å². The molecule has 0 spiro atoms. The Bertz CT molecular complexity index is 1810. The lowest BCUT2D eigenvalue weighted by Gasteiger charge is -2.15. The number of hydrogen-bond donors (Lipinski definition) is 1. The van der Waals surface area contributed by atoms with Gasteiger partial charge in [0.1, 0.15) is 11.6 Å². The predicted molar refractivity (Wildman–Crippen MR) is 139 cm³/mol. The number of carbonyl (C=O) groups excluding carboxylic acids is 1. The molecule has 0 radical (unpaired) electrons. The molecule has 0 atom stereocenters. The molecule has 0 fully saturated rings. The van der Waals surface area contributed by atoms with E-state index in [0.29, 0.717) is 12.6 Å². The molecule has 2 aromatic heterocycles. The summed E-state index contributed by atoms with van der Waals surface area (Å²) in [5, 5.41) is 3.16. The molecule has 204 valence electrons. The quantitative estimate of drug-likeness (QED) is 0.153. The topological polar surface area (TPSA) is 58.1 Å². The Hall–Kier alpha value is -4.51. The van der Waals surface area contributed by atoms with Crippen LogP contribution in [0.3, 0.4) is 0 Å². The van der Waals surface area contributed by atoms with Crippen molar-refractivity contribution in [3.05, 3.63) is 95.1 Å². The molecule has 0 unspecified atom stereocenters. The Morgan fingerprint density at radius 1 is 0.725 bits per heavy atom. The van der Waals surface area contributed by atoms with Gasteiger partial charge in [-0.15, -0.1) is 0 Å². The normalized spacial score (nSPS) is 11.5. The van der Waals surface area contributed by atoms with Crippen LogP contribution >= 0.6 is 0 Å². The van der Waals surface area contributed by atoms with E-state index in [-0.39, 0.29) is 50.9 Å². The SMILES string of the molecule is CN(C)CCNC(=O)c1cc(-c2cc(-c3cc(F)c(F)c(F)c3F)nc3ccc(F)cc23)nc2ccc(F)cc12. The number of likely N-dealkylation sites (N-methyl/N-ethyl adjacent to an activating group) is 1. The minimum atomic E-state index is -2.01.